The van der Waals surface area contributed by atoms with Gasteiger partial charge in [0.1, 0.15) is 0 Å². The second-order valence-corrected chi connectivity index (χ2v) is 22.6. The maximum Gasteiger partial charge on any atom is 0.494 e. The lowest BCUT2D eigenvalue weighted by molar-refractivity contribution is 0.00578. The average molecular weight is 961 g/mol. The van der Waals surface area contributed by atoms with Crippen LogP contribution < -0.4 is 20.7 Å². The molecule has 0 aromatic heterocycles. The maximum absolute atomic E-state index is 6.81. The zero-order chi connectivity index (χ0) is 51.2. The minimum atomic E-state index is -0.821. The van der Waals surface area contributed by atoms with Crippen LogP contribution in [-0.2, 0) is 24.0 Å². The Hall–Kier alpha value is -6.67. The van der Waals surface area contributed by atoms with Gasteiger partial charge in [0.05, 0.1) is 27.8 Å². The quantitative estimate of drug-likeness (QED) is 0.127. The standard InChI is InChI=1S/C65H66B2N2O4/c1-43-13-27-51(28-14-43)68(52-29-15-44(2)16-30-52)55-35-21-47(22-36-55)65(48-23-37-56(38-24-48)69(53-31-17-45(3)18-32-53)54-33-19-46(4)20-34-54)59-41-49(66-70-61(5,6)62(7,8)71-66)25-39-57(59)58-40-26-50(42-60(58)65)67-72-63(9,10)64(11,12)73-67/h13-42H,1-12H3. The minimum Gasteiger partial charge on any atom is -0.399 e. The molecular weight excluding hydrogens is 894 g/mol. The molecule has 0 saturated carbocycles. The van der Waals surface area contributed by atoms with Crippen LogP contribution in [0.15, 0.2) is 182 Å². The monoisotopic (exact) mass is 961 g/mol. The number of benzene rings is 8. The Morgan fingerprint density at radius 1 is 0.301 bits per heavy atom. The van der Waals surface area contributed by atoms with Gasteiger partial charge in [-0.1, -0.05) is 131 Å². The molecule has 3 aliphatic rings. The Morgan fingerprint density at radius 3 is 0.781 bits per heavy atom. The van der Waals surface area contributed by atoms with Crippen molar-refractivity contribution in [3.05, 3.63) is 226 Å². The molecule has 0 atom stereocenters. The van der Waals surface area contributed by atoms with Crippen molar-refractivity contribution in [2.45, 2.75) is 111 Å². The van der Waals surface area contributed by atoms with E-state index in [0.717, 1.165) is 78.4 Å². The van der Waals surface area contributed by atoms with E-state index in [9.17, 15) is 0 Å². The molecule has 0 radical (unpaired) electrons. The first-order valence-corrected chi connectivity index (χ1v) is 25.8. The van der Waals surface area contributed by atoms with Crippen molar-refractivity contribution in [3.8, 4) is 11.1 Å². The summed E-state index contributed by atoms with van der Waals surface area (Å²) in [6.07, 6.45) is 0. The number of fused-ring (bicyclic) bond motifs is 3. The van der Waals surface area contributed by atoms with Crippen LogP contribution in [0.3, 0.4) is 0 Å². The van der Waals surface area contributed by atoms with Crippen LogP contribution in [0.25, 0.3) is 11.1 Å². The van der Waals surface area contributed by atoms with Gasteiger partial charge in [-0.15, -0.1) is 0 Å². The van der Waals surface area contributed by atoms with Gasteiger partial charge in [-0.2, -0.15) is 0 Å². The Bertz CT molecular complexity index is 2980. The van der Waals surface area contributed by atoms with Gasteiger partial charge in [0, 0.05) is 34.1 Å². The molecule has 8 aromatic carbocycles. The van der Waals surface area contributed by atoms with Crippen molar-refractivity contribution in [2.24, 2.45) is 0 Å². The Morgan fingerprint density at radius 2 is 0.534 bits per heavy atom. The fourth-order valence-corrected chi connectivity index (χ4v) is 10.8. The van der Waals surface area contributed by atoms with Crippen LogP contribution in [0, 0.1) is 27.7 Å². The van der Waals surface area contributed by atoms with Crippen LogP contribution in [-0.4, -0.2) is 36.6 Å². The van der Waals surface area contributed by atoms with E-state index in [0.29, 0.717) is 0 Å². The van der Waals surface area contributed by atoms with Crippen molar-refractivity contribution in [2.75, 3.05) is 9.80 Å². The summed E-state index contributed by atoms with van der Waals surface area (Å²) in [6.45, 7) is 25.5. The van der Waals surface area contributed by atoms with Gasteiger partial charge in [0.15, 0.2) is 0 Å². The highest BCUT2D eigenvalue weighted by atomic mass is 16.7. The van der Waals surface area contributed by atoms with E-state index in [1.165, 1.54) is 22.3 Å². The van der Waals surface area contributed by atoms with Crippen molar-refractivity contribution in [1.82, 2.24) is 0 Å². The molecule has 2 saturated heterocycles. The van der Waals surface area contributed by atoms with Gasteiger partial charge in [0.25, 0.3) is 0 Å². The van der Waals surface area contributed by atoms with E-state index in [1.807, 2.05) is 0 Å². The highest BCUT2D eigenvalue weighted by Crippen LogP contribution is 2.57. The summed E-state index contributed by atoms with van der Waals surface area (Å²) in [5.41, 5.74) is 17.3. The zero-order valence-corrected chi connectivity index (χ0v) is 44.5. The van der Waals surface area contributed by atoms with E-state index in [2.05, 4.69) is 275 Å². The van der Waals surface area contributed by atoms with E-state index >= 15 is 0 Å². The van der Waals surface area contributed by atoms with Crippen LogP contribution in [0.5, 0.6) is 0 Å². The molecule has 2 heterocycles. The third-order valence-corrected chi connectivity index (χ3v) is 16.5. The first-order chi connectivity index (χ1) is 34.7. The molecule has 0 unspecified atom stereocenters. The number of nitrogens with zero attached hydrogens (tertiary/aromatic N) is 2. The van der Waals surface area contributed by atoms with E-state index in [-0.39, 0.29) is 0 Å². The third-order valence-electron chi connectivity index (χ3n) is 16.5. The predicted molar refractivity (Wildman–Crippen MR) is 303 cm³/mol. The molecule has 2 fully saturated rings. The van der Waals surface area contributed by atoms with Crippen LogP contribution in [0.4, 0.5) is 34.1 Å². The van der Waals surface area contributed by atoms with Crippen LogP contribution in [0.1, 0.15) is 99.9 Å². The van der Waals surface area contributed by atoms with Crippen molar-refractivity contribution in [3.63, 3.8) is 0 Å². The van der Waals surface area contributed by atoms with Crippen LogP contribution in [0.2, 0.25) is 0 Å². The molecule has 6 nitrogen and oxygen atoms in total. The molecular formula is C65H66B2N2O4. The molecule has 0 amide bonds. The molecule has 366 valence electrons. The summed E-state index contributed by atoms with van der Waals surface area (Å²) < 4.78 is 27.2. The largest absolute Gasteiger partial charge is 0.494 e. The molecule has 0 bridgehead atoms. The topological polar surface area (TPSA) is 43.4 Å². The third kappa shape index (κ3) is 8.33. The first-order valence-electron chi connectivity index (χ1n) is 25.8. The number of anilines is 6. The maximum atomic E-state index is 6.81. The summed E-state index contributed by atoms with van der Waals surface area (Å²) in [4.78, 5) is 4.69. The van der Waals surface area contributed by atoms with Gasteiger partial charge < -0.3 is 28.4 Å². The summed E-state index contributed by atoms with van der Waals surface area (Å²) in [5, 5.41) is 0. The summed E-state index contributed by atoms with van der Waals surface area (Å²) in [7, 11) is -1.12. The normalized spacial score (nSPS) is 17.6. The second kappa shape index (κ2) is 17.8. The lowest BCUT2D eigenvalue weighted by Gasteiger charge is -2.35. The van der Waals surface area contributed by atoms with Crippen molar-refractivity contribution >= 4 is 59.3 Å². The van der Waals surface area contributed by atoms with Gasteiger partial charge in [-0.3, -0.25) is 0 Å². The second-order valence-electron chi connectivity index (χ2n) is 22.6. The average Bonchev–Trinajstić information content (AvgIpc) is 3.88. The Kier molecular flexibility index (Phi) is 11.8. The van der Waals surface area contributed by atoms with Crippen LogP contribution >= 0.6 is 0 Å². The fourth-order valence-electron chi connectivity index (χ4n) is 10.8. The molecule has 8 aromatic rings. The number of hydrogen-bond acceptors (Lipinski definition) is 6. The smallest absolute Gasteiger partial charge is 0.399 e. The summed E-state index contributed by atoms with van der Waals surface area (Å²) >= 11 is 0. The summed E-state index contributed by atoms with van der Waals surface area (Å²) in [5.74, 6) is 0. The van der Waals surface area contributed by atoms with Crippen molar-refractivity contribution in [1.29, 1.82) is 0 Å². The SMILES string of the molecule is Cc1ccc(N(c2ccc(C)cc2)c2ccc(C3(c4ccc(N(c5ccc(C)cc5)c5ccc(C)cc5)cc4)c4cc(B5OC(C)(C)C(C)(C)O5)ccc4-c4ccc(B5OC(C)(C)C(C)(C)O5)cc43)cc2)cc1. The Balaban J connectivity index is 1.15. The highest BCUT2D eigenvalue weighted by Gasteiger charge is 2.55. The molecule has 2 aliphatic heterocycles. The fraction of sp³-hybridized carbons (Fsp3) is 0.262. The zero-order valence-electron chi connectivity index (χ0n) is 44.5. The number of rotatable bonds is 10. The van der Waals surface area contributed by atoms with Gasteiger partial charge in [0.2, 0.25) is 0 Å². The van der Waals surface area contributed by atoms with Gasteiger partial charge >= 0.3 is 14.2 Å². The molecule has 0 spiro atoms. The number of hydrogen-bond donors (Lipinski definition) is 0. The molecule has 0 N–H and O–H groups in total. The summed E-state index contributed by atoms with van der Waals surface area (Å²) in [6, 6.07) is 67.3. The predicted octanol–water partition coefficient (Wildman–Crippen LogP) is 14.8. The Labute approximate surface area is 434 Å². The minimum absolute atomic E-state index is 0.512. The number of aryl methyl sites for hydroxylation is 4. The first kappa shape index (κ1) is 48.6. The lowest BCUT2D eigenvalue weighted by Crippen LogP contribution is -2.41. The van der Waals surface area contributed by atoms with E-state index < -0.39 is 42.1 Å². The molecule has 8 heteroatoms. The highest BCUT2D eigenvalue weighted by molar-refractivity contribution is 6.62. The van der Waals surface area contributed by atoms with E-state index in [1.54, 1.807) is 0 Å². The molecule has 73 heavy (non-hydrogen) atoms. The molecule has 1 aliphatic carbocycles. The van der Waals surface area contributed by atoms with Gasteiger partial charge in [-0.25, -0.2) is 0 Å². The van der Waals surface area contributed by atoms with E-state index in [4.69, 9.17) is 18.6 Å². The lowest BCUT2D eigenvalue weighted by atomic mass is 9.65. The molecule has 11 rings (SSSR count). The van der Waals surface area contributed by atoms with Gasteiger partial charge in [-0.05, 0) is 200 Å². The van der Waals surface area contributed by atoms with Crippen molar-refractivity contribution < 1.29 is 18.6 Å².